The average molecular weight is 309 g/mol. The summed E-state index contributed by atoms with van der Waals surface area (Å²) >= 11 is 5.62. The first-order valence-corrected chi connectivity index (χ1v) is 6.87. The molecule has 0 bridgehead atoms. The van der Waals surface area contributed by atoms with Crippen LogP contribution in [0.4, 0.5) is 19.0 Å². The number of aromatic nitrogens is 1. The van der Waals surface area contributed by atoms with E-state index in [1.54, 1.807) is 0 Å². The highest BCUT2D eigenvalue weighted by molar-refractivity contribution is 6.29. The molecule has 3 nitrogen and oxygen atoms in total. The summed E-state index contributed by atoms with van der Waals surface area (Å²) in [6.45, 7) is 0.610. The van der Waals surface area contributed by atoms with Crippen LogP contribution in [0.5, 0.6) is 0 Å². The van der Waals surface area contributed by atoms with Crippen molar-refractivity contribution in [3.05, 3.63) is 22.8 Å². The summed E-state index contributed by atoms with van der Waals surface area (Å²) in [6, 6.07) is 1.76. The number of rotatable bonds is 4. The number of pyridine rings is 1. The molecule has 0 amide bonds. The number of nitrogens with one attached hydrogen (secondary N) is 1. The van der Waals surface area contributed by atoms with E-state index in [1.165, 1.54) is 0 Å². The minimum Gasteiger partial charge on any atom is -0.396 e. The topological polar surface area (TPSA) is 45.1 Å². The second-order valence-corrected chi connectivity index (χ2v) is 5.46. The molecule has 0 spiro atoms. The maximum atomic E-state index is 12.7. The highest BCUT2D eigenvalue weighted by Crippen LogP contribution is 2.33. The van der Waals surface area contributed by atoms with E-state index in [-0.39, 0.29) is 29.4 Å². The molecule has 1 aliphatic carbocycles. The van der Waals surface area contributed by atoms with Gasteiger partial charge in [-0.1, -0.05) is 18.0 Å². The van der Waals surface area contributed by atoms with Crippen molar-refractivity contribution in [2.24, 2.45) is 11.8 Å². The van der Waals surface area contributed by atoms with Crippen LogP contribution in [-0.2, 0) is 6.18 Å². The van der Waals surface area contributed by atoms with Gasteiger partial charge in [-0.05, 0) is 36.8 Å². The van der Waals surface area contributed by atoms with Crippen LogP contribution in [0, 0.1) is 11.8 Å². The Morgan fingerprint density at radius 2 is 2.00 bits per heavy atom. The normalized spacial score (nSPS) is 23.1. The molecule has 1 heterocycles. The average Bonchev–Trinajstić information content (AvgIpc) is 2.82. The van der Waals surface area contributed by atoms with Gasteiger partial charge in [0.05, 0.1) is 5.56 Å². The van der Waals surface area contributed by atoms with E-state index < -0.39 is 11.7 Å². The molecule has 1 aromatic heterocycles. The van der Waals surface area contributed by atoms with Gasteiger partial charge < -0.3 is 10.4 Å². The predicted octanol–water partition coefficient (Wildman–Crippen LogP) is 3.57. The van der Waals surface area contributed by atoms with Crippen LogP contribution in [0.2, 0.25) is 5.15 Å². The van der Waals surface area contributed by atoms with E-state index in [9.17, 15) is 18.3 Å². The van der Waals surface area contributed by atoms with E-state index in [1.807, 2.05) is 0 Å². The quantitative estimate of drug-likeness (QED) is 0.836. The molecular weight excluding hydrogens is 293 g/mol. The van der Waals surface area contributed by atoms with Gasteiger partial charge in [-0.25, -0.2) is 4.98 Å². The second kappa shape index (κ2) is 6.18. The molecule has 2 unspecified atom stereocenters. The van der Waals surface area contributed by atoms with Gasteiger partial charge in [0.1, 0.15) is 11.0 Å². The SMILES string of the molecule is OCC1CCCC1CNc1cc(C(F)(F)F)cc(Cl)n1. The van der Waals surface area contributed by atoms with Crippen molar-refractivity contribution in [2.45, 2.75) is 25.4 Å². The van der Waals surface area contributed by atoms with Gasteiger partial charge in [-0.2, -0.15) is 13.2 Å². The molecule has 1 fully saturated rings. The minimum atomic E-state index is -4.44. The van der Waals surface area contributed by atoms with Crippen molar-refractivity contribution in [2.75, 3.05) is 18.5 Å². The molecule has 2 atom stereocenters. The zero-order valence-electron chi connectivity index (χ0n) is 10.8. The van der Waals surface area contributed by atoms with Crippen LogP contribution in [0.25, 0.3) is 0 Å². The fourth-order valence-corrected chi connectivity index (χ4v) is 2.82. The van der Waals surface area contributed by atoms with Crippen molar-refractivity contribution >= 4 is 17.4 Å². The van der Waals surface area contributed by atoms with Gasteiger partial charge in [-0.3, -0.25) is 0 Å². The van der Waals surface area contributed by atoms with Gasteiger partial charge in [0, 0.05) is 13.2 Å². The van der Waals surface area contributed by atoms with Crippen LogP contribution in [0.3, 0.4) is 0 Å². The van der Waals surface area contributed by atoms with Crippen molar-refractivity contribution in [3.8, 4) is 0 Å². The Morgan fingerprint density at radius 3 is 2.65 bits per heavy atom. The van der Waals surface area contributed by atoms with Crippen LogP contribution >= 0.6 is 11.6 Å². The summed E-state index contributed by atoms with van der Waals surface area (Å²) < 4.78 is 38.0. The molecule has 1 aromatic rings. The van der Waals surface area contributed by atoms with Crippen LogP contribution in [-0.4, -0.2) is 23.2 Å². The summed E-state index contributed by atoms with van der Waals surface area (Å²) in [4.78, 5) is 3.85. The molecule has 0 aliphatic heterocycles. The van der Waals surface area contributed by atoms with Crippen LogP contribution < -0.4 is 5.32 Å². The predicted molar refractivity (Wildman–Crippen MR) is 70.7 cm³/mol. The molecule has 1 saturated carbocycles. The van der Waals surface area contributed by atoms with Crippen LogP contribution in [0.1, 0.15) is 24.8 Å². The number of hydrogen-bond donors (Lipinski definition) is 2. The Bertz CT molecular complexity index is 467. The molecule has 0 aromatic carbocycles. The molecule has 1 aliphatic rings. The molecule has 2 rings (SSSR count). The summed E-state index contributed by atoms with van der Waals surface area (Å²) in [6.07, 6.45) is -1.48. The zero-order chi connectivity index (χ0) is 14.8. The Labute approximate surface area is 120 Å². The highest BCUT2D eigenvalue weighted by Gasteiger charge is 2.32. The number of hydrogen-bond acceptors (Lipinski definition) is 3. The first kappa shape index (κ1) is 15.4. The first-order valence-electron chi connectivity index (χ1n) is 6.49. The lowest BCUT2D eigenvalue weighted by molar-refractivity contribution is -0.137. The van der Waals surface area contributed by atoms with E-state index in [2.05, 4.69) is 10.3 Å². The summed E-state index contributed by atoms with van der Waals surface area (Å²) in [5, 5.41) is 11.9. The lowest BCUT2D eigenvalue weighted by atomic mass is 9.97. The van der Waals surface area contributed by atoms with Crippen molar-refractivity contribution < 1.29 is 18.3 Å². The summed E-state index contributed by atoms with van der Waals surface area (Å²) in [5.41, 5.74) is -0.815. The number of anilines is 1. The standard InChI is InChI=1S/C13H16ClF3N2O/c14-11-4-10(13(15,16)17)5-12(19-11)18-6-8-2-1-3-9(8)7-20/h4-5,8-9,20H,1-3,6-7H2,(H,18,19). The smallest absolute Gasteiger partial charge is 0.396 e. The zero-order valence-corrected chi connectivity index (χ0v) is 11.5. The third-order valence-electron chi connectivity index (χ3n) is 3.72. The second-order valence-electron chi connectivity index (χ2n) is 5.08. The van der Waals surface area contributed by atoms with E-state index in [0.717, 1.165) is 31.4 Å². The molecule has 112 valence electrons. The fourth-order valence-electron chi connectivity index (χ4n) is 2.61. The van der Waals surface area contributed by atoms with E-state index >= 15 is 0 Å². The highest BCUT2D eigenvalue weighted by atomic mass is 35.5. The number of aliphatic hydroxyl groups excluding tert-OH is 1. The van der Waals surface area contributed by atoms with Crippen molar-refractivity contribution in [3.63, 3.8) is 0 Å². The monoisotopic (exact) mass is 308 g/mol. The van der Waals surface area contributed by atoms with E-state index in [4.69, 9.17) is 11.6 Å². The van der Waals surface area contributed by atoms with Crippen LogP contribution in [0.15, 0.2) is 12.1 Å². The Kier molecular flexibility index (Phi) is 4.75. The lowest BCUT2D eigenvalue weighted by Gasteiger charge is -2.18. The Balaban J connectivity index is 2.04. The van der Waals surface area contributed by atoms with Gasteiger partial charge in [0.2, 0.25) is 0 Å². The van der Waals surface area contributed by atoms with Gasteiger partial charge in [-0.15, -0.1) is 0 Å². The Hall–Kier alpha value is -1.01. The first-order chi connectivity index (χ1) is 9.40. The fraction of sp³-hybridized carbons (Fsp3) is 0.615. The van der Waals surface area contributed by atoms with E-state index in [0.29, 0.717) is 6.54 Å². The number of aliphatic hydroxyl groups is 1. The molecule has 0 radical (unpaired) electrons. The maximum Gasteiger partial charge on any atom is 0.416 e. The minimum absolute atomic E-state index is 0.114. The molecule has 0 saturated heterocycles. The number of nitrogens with zero attached hydrogens (tertiary/aromatic N) is 1. The lowest BCUT2D eigenvalue weighted by Crippen LogP contribution is -2.21. The third-order valence-corrected chi connectivity index (χ3v) is 3.91. The number of halogens is 4. The van der Waals surface area contributed by atoms with Crippen molar-refractivity contribution in [1.29, 1.82) is 0 Å². The van der Waals surface area contributed by atoms with Crippen molar-refractivity contribution in [1.82, 2.24) is 4.98 Å². The molecule has 20 heavy (non-hydrogen) atoms. The molecular formula is C13H16ClF3N2O. The largest absolute Gasteiger partial charge is 0.416 e. The molecule has 7 heteroatoms. The van der Waals surface area contributed by atoms with Gasteiger partial charge >= 0.3 is 6.18 Å². The summed E-state index contributed by atoms with van der Waals surface area (Å²) in [7, 11) is 0. The Morgan fingerprint density at radius 1 is 1.30 bits per heavy atom. The maximum absolute atomic E-state index is 12.7. The summed E-state index contributed by atoms with van der Waals surface area (Å²) in [5.74, 6) is 0.590. The number of alkyl halides is 3. The van der Waals surface area contributed by atoms with Gasteiger partial charge in [0.15, 0.2) is 0 Å². The van der Waals surface area contributed by atoms with Gasteiger partial charge in [0.25, 0.3) is 0 Å². The third kappa shape index (κ3) is 3.76. The molecule has 2 N–H and O–H groups in total.